The number of hydrogen-bond donors (Lipinski definition) is 0. The molecule has 3 heterocycles. The average molecular weight is 457 g/mol. The monoisotopic (exact) mass is 456 g/mol. The van der Waals surface area contributed by atoms with Gasteiger partial charge in [-0.1, -0.05) is 44.7 Å². The molecular formula is C25H36N4O2S. The van der Waals surface area contributed by atoms with E-state index < -0.39 is 0 Å². The van der Waals surface area contributed by atoms with E-state index in [1.54, 1.807) is 0 Å². The number of carbonyl (C=O) groups excluding carboxylic acids is 2. The molecule has 0 N–H and O–H groups in total. The highest BCUT2D eigenvalue weighted by atomic mass is 32.2. The fourth-order valence-corrected chi connectivity index (χ4v) is 6.28. The number of nitrogens with zero attached hydrogens (tertiary/aromatic N) is 4. The van der Waals surface area contributed by atoms with Crippen LogP contribution < -0.4 is 0 Å². The molecule has 0 unspecified atom stereocenters. The first kappa shape index (κ1) is 23.1. The van der Waals surface area contributed by atoms with Gasteiger partial charge in [-0.3, -0.25) is 9.59 Å². The number of carbonyl (C=O) groups is 2. The Balaban J connectivity index is 1.50. The summed E-state index contributed by atoms with van der Waals surface area (Å²) in [6.07, 6.45) is 5.59. The van der Waals surface area contributed by atoms with Gasteiger partial charge in [0.2, 0.25) is 11.8 Å². The maximum Gasteiger partial charge on any atom is 0.242 e. The van der Waals surface area contributed by atoms with Crippen LogP contribution >= 0.6 is 11.8 Å². The van der Waals surface area contributed by atoms with E-state index in [-0.39, 0.29) is 18.4 Å². The van der Waals surface area contributed by atoms with Crippen LogP contribution in [0, 0.1) is 11.8 Å². The van der Waals surface area contributed by atoms with Crippen molar-refractivity contribution >= 4 is 34.6 Å². The number of piperidine rings is 2. The molecule has 1 aromatic carbocycles. The SMILES string of the molecule is CC[C@@H]1CCCCN1C(=O)CSc1nc2ccccc2n1CC(=O)N1C[C@H](C)C[C@@H](C)C1. The van der Waals surface area contributed by atoms with Crippen molar-refractivity contribution in [2.45, 2.75) is 70.6 Å². The van der Waals surface area contributed by atoms with Gasteiger partial charge in [-0.15, -0.1) is 0 Å². The molecule has 174 valence electrons. The number of amides is 2. The van der Waals surface area contributed by atoms with Crippen LogP contribution in [0.2, 0.25) is 0 Å². The molecule has 2 aliphatic rings. The number of likely N-dealkylation sites (tertiary alicyclic amines) is 2. The van der Waals surface area contributed by atoms with Gasteiger partial charge in [-0.2, -0.15) is 0 Å². The maximum absolute atomic E-state index is 13.2. The Hall–Kier alpha value is -2.02. The number of thioether (sulfide) groups is 1. The third kappa shape index (κ3) is 5.13. The van der Waals surface area contributed by atoms with E-state index >= 15 is 0 Å². The Labute approximate surface area is 195 Å². The quantitative estimate of drug-likeness (QED) is 0.604. The van der Waals surface area contributed by atoms with Crippen LogP contribution in [0.4, 0.5) is 0 Å². The predicted octanol–water partition coefficient (Wildman–Crippen LogP) is 4.42. The zero-order valence-electron chi connectivity index (χ0n) is 19.6. The normalized spacial score (nSPS) is 24.2. The van der Waals surface area contributed by atoms with Crippen molar-refractivity contribution in [3.05, 3.63) is 24.3 Å². The van der Waals surface area contributed by atoms with E-state index in [1.165, 1.54) is 24.6 Å². The van der Waals surface area contributed by atoms with Crippen molar-refractivity contribution in [3.63, 3.8) is 0 Å². The molecule has 2 aliphatic heterocycles. The Morgan fingerprint density at radius 2 is 1.84 bits per heavy atom. The summed E-state index contributed by atoms with van der Waals surface area (Å²) in [5, 5.41) is 0.760. The molecule has 2 aromatic rings. The average Bonchev–Trinajstić information content (AvgIpc) is 3.14. The molecule has 0 bridgehead atoms. The van der Waals surface area contributed by atoms with Crippen molar-refractivity contribution in [2.75, 3.05) is 25.4 Å². The third-order valence-electron chi connectivity index (χ3n) is 6.88. The molecule has 3 atom stereocenters. The molecule has 1 aromatic heterocycles. The van der Waals surface area contributed by atoms with Crippen molar-refractivity contribution in [3.8, 4) is 0 Å². The van der Waals surface area contributed by atoms with E-state index in [1.807, 2.05) is 33.7 Å². The molecule has 6 nitrogen and oxygen atoms in total. The summed E-state index contributed by atoms with van der Waals surface area (Å²) in [6.45, 7) is 9.39. The number of benzene rings is 1. The van der Waals surface area contributed by atoms with Gasteiger partial charge in [0.25, 0.3) is 0 Å². The Morgan fingerprint density at radius 3 is 2.59 bits per heavy atom. The van der Waals surface area contributed by atoms with Crippen LogP contribution in [0.3, 0.4) is 0 Å². The van der Waals surface area contributed by atoms with Crippen LogP contribution in [-0.4, -0.2) is 62.6 Å². The van der Waals surface area contributed by atoms with Crippen LogP contribution in [0.25, 0.3) is 11.0 Å². The Morgan fingerprint density at radius 1 is 1.09 bits per heavy atom. The summed E-state index contributed by atoms with van der Waals surface area (Å²) in [5.74, 6) is 1.76. The van der Waals surface area contributed by atoms with Gasteiger partial charge in [-0.25, -0.2) is 4.98 Å². The number of rotatable bonds is 6. The molecule has 0 saturated carbocycles. The smallest absolute Gasteiger partial charge is 0.242 e. The minimum atomic E-state index is 0.141. The van der Waals surface area contributed by atoms with Crippen molar-refractivity contribution in [1.82, 2.24) is 19.4 Å². The molecule has 2 amide bonds. The van der Waals surface area contributed by atoms with Gasteiger partial charge in [0.15, 0.2) is 5.16 Å². The lowest BCUT2D eigenvalue weighted by atomic mass is 9.92. The fraction of sp³-hybridized carbons (Fsp3) is 0.640. The summed E-state index contributed by atoms with van der Waals surface area (Å²) in [4.78, 5) is 35.1. The van der Waals surface area contributed by atoms with Gasteiger partial charge in [-0.05, 0) is 56.1 Å². The lowest BCUT2D eigenvalue weighted by Crippen LogP contribution is -2.44. The number of hydrogen-bond acceptors (Lipinski definition) is 4. The molecule has 2 fully saturated rings. The molecule has 4 rings (SSSR count). The van der Waals surface area contributed by atoms with Crippen LogP contribution in [0.1, 0.15) is 52.9 Å². The fourth-order valence-electron chi connectivity index (χ4n) is 5.38. The van der Waals surface area contributed by atoms with Gasteiger partial charge < -0.3 is 14.4 Å². The molecule has 7 heteroatoms. The van der Waals surface area contributed by atoms with Crippen molar-refractivity contribution < 1.29 is 9.59 Å². The first-order chi connectivity index (χ1) is 15.5. The lowest BCUT2D eigenvalue weighted by molar-refractivity contribution is -0.134. The predicted molar refractivity (Wildman–Crippen MR) is 130 cm³/mol. The highest BCUT2D eigenvalue weighted by Gasteiger charge is 2.28. The minimum Gasteiger partial charge on any atom is -0.341 e. The van der Waals surface area contributed by atoms with Crippen LogP contribution in [0.15, 0.2) is 29.4 Å². The number of fused-ring (bicyclic) bond motifs is 1. The number of para-hydroxylation sites is 2. The van der Waals surface area contributed by atoms with Gasteiger partial charge >= 0.3 is 0 Å². The lowest BCUT2D eigenvalue weighted by Gasteiger charge is -2.35. The number of aromatic nitrogens is 2. The van der Waals surface area contributed by atoms with Gasteiger partial charge in [0.05, 0.1) is 16.8 Å². The summed E-state index contributed by atoms with van der Waals surface area (Å²) in [5.41, 5.74) is 1.83. The van der Waals surface area contributed by atoms with E-state index in [0.29, 0.717) is 23.6 Å². The first-order valence-corrected chi connectivity index (χ1v) is 13.1. The topological polar surface area (TPSA) is 58.4 Å². The van der Waals surface area contributed by atoms with E-state index in [9.17, 15) is 9.59 Å². The standard InChI is InChI=1S/C25H36N4O2S/c1-4-20-9-7-8-12-28(20)24(31)17-32-25-26-21-10-5-6-11-22(21)29(25)16-23(30)27-14-18(2)13-19(3)15-27/h5-6,10-11,18-20H,4,7-9,12-17H2,1-3H3/t18-,19-,20-/m1/s1. The summed E-state index contributed by atoms with van der Waals surface area (Å²) in [6, 6.07) is 8.30. The zero-order chi connectivity index (χ0) is 22.7. The highest BCUT2D eigenvalue weighted by Crippen LogP contribution is 2.27. The first-order valence-electron chi connectivity index (χ1n) is 12.1. The molecule has 0 spiro atoms. The Bertz CT molecular complexity index is 949. The second-order valence-electron chi connectivity index (χ2n) is 9.65. The second kappa shape index (κ2) is 10.3. The molecular weight excluding hydrogens is 420 g/mol. The summed E-state index contributed by atoms with van der Waals surface area (Å²) >= 11 is 1.47. The Kier molecular flexibility index (Phi) is 7.44. The third-order valence-corrected chi connectivity index (χ3v) is 7.84. The molecule has 0 radical (unpaired) electrons. The van der Waals surface area contributed by atoms with Crippen LogP contribution in [-0.2, 0) is 16.1 Å². The minimum absolute atomic E-state index is 0.141. The van der Waals surface area contributed by atoms with E-state index in [0.717, 1.165) is 55.1 Å². The van der Waals surface area contributed by atoms with Gasteiger partial charge in [0.1, 0.15) is 6.54 Å². The maximum atomic E-state index is 13.2. The zero-order valence-corrected chi connectivity index (χ0v) is 20.4. The largest absolute Gasteiger partial charge is 0.341 e. The molecule has 0 aliphatic carbocycles. The second-order valence-corrected chi connectivity index (χ2v) is 10.6. The molecule has 2 saturated heterocycles. The van der Waals surface area contributed by atoms with E-state index in [2.05, 4.69) is 25.7 Å². The summed E-state index contributed by atoms with van der Waals surface area (Å²) in [7, 11) is 0. The van der Waals surface area contributed by atoms with Crippen LogP contribution in [0.5, 0.6) is 0 Å². The van der Waals surface area contributed by atoms with Gasteiger partial charge in [0, 0.05) is 25.7 Å². The van der Waals surface area contributed by atoms with E-state index in [4.69, 9.17) is 4.98 Å². The highest BCUT2D eigenvalue weighted by molar-refractivity contribution is 7.99. The van der Waals surface area contributed by atoms with Crippen molar-refractivity contribution in [2.24, 2.45) is 11.8 Å². The molecule has 32 heavy (non-hydrogen) atoms. The summed E-state index contributed by atoms with van der Waals surface area (Å²) < 4.78 is 2.01. The van der Waals surface area contributed by atoms with Crippen molar-refractivity contribution in [1.29, 1.82) is 0 Å². The number of imidazole rings is 1.